The van der Waals surface area contributed by atoms with Gasteiger partial charge in [0.1, 0.15) is 12.0 Å². The van der Waals surface area contributed by atoms with Crippen LogP contribution in [0.15, 0.2) is 41.0 Å². The SMILES string of the molecule is CC(=O)N1CCN(C(=O)c2coc(CN3CCC(C(C)=O)(c4ccccc4)CC3)n2)CC1. The summed E-state index contributed by atoms with van der Waals surface area (Å²) in [5.41, 5.74) is 0.953. The van der Waals surface area contributed by atoms with E-state index < -0.39 is 5.41 Å². The van der Waals surface area contributed by atoms with Crippen LogP contribution in [0.2, 0.25) is 0 Å². The summed E-state index contributed by atoms with van der Waals surface area (Å²) in [6.45, 7) is 7.33. The maximum Gasteiger partial charge on any atom is 0.275 e. The van der Waals surface area contributed by atoms with Gasteiger partial charge in [-0.1, -0.05) is 30.3 Å². The fourth-order valence-electron chi connectivity index (χ4n) is 4.75. The Bertz CT molecular complexity index is 971. The van der Waals surface area contributed by atoms with E-state index in [1.807, 2.05) is 30.3 Å². The maximum absolute atomic E-state index is 12.7. The van der Waals surface area contributed by atoms with Crippen LogP contribution in [0.1, 0.15) is 48.6 Å². The highest BCUT2D eigenvalue weighted by atomic mass is 16.3. The fraction of sp³-hybridized carbons (Fsp3) is 0.500. The molecule has 32 heavy (non-hydrogen) atoms. The maximum atomic E-state index is 12.7. The Morgan fingerprint density at radius 1 is 0.938 bits per heavy atom. The average Bonchev–Trinajstić information content (AvgIpc) is 3.28. The number of piperidine rings is 1. The van der Waals surface area contributed by atoms with E-state index in [1.54, 1.807) is 23.6 Å². The molecule has 0 unspecified atom stereocenters. The van der Waals surface area contributed by atoms with Crippen molar-refractivity contribution in [3.8, 4) is 0 Å². The molecule has 2 aliphatic heterocycles. The fourth-order valence-corrected chi connectivity index (χ4v) is 4.75. The second-order valence-electron chi connectivity index (χ2n) is 8.71. The molecule has 0 spiro atoms. The molecule has 0 N–H and O–H groups in total. The minimum absolute atomic E-state index is 0.0309. The number of benzene rings is 1. The summed E-state index contributed by atoms with van der Waals surface area (Å²) >= 11 is 0. The number of carbonyl (C=O) groups excluding carboxylic acids is 3. The van der Waals surface area contributed by atoms with Gasteiger partial charge in [0.05, 0.1) is 12.0 Å². The molecule has 1 aromatic heterocycles. The predicted octanol–water partition coefficient (Wildman–Crippen LogP) is 2.10. The number of nitrogens with zero attached hydrogens (tertiary/aromatic N) is 4. The van der Waals surface area contributed by atoms with Crippen LogP contribution in [0.25, 0.3) is 0 Å². The zero-order valence-corrected chi connectivity index (χ0v) is 18.7. The minimum atomic E-state index is -0.433. The third-order valence-corrected chi connectivity index (χ3v) is 6.85. The number of oxazole rings is 1. The van der Waals surface area contributed by atoms with Crippen molar-refractivity contribution in [2.45, 2.75) is 38.6 Å². The van der Waals surface area contributed by atoms with Crippen molar-refractivity contribution < 1.29 is 18.8 Å². The molecule has 0 bridgehead atoms. The molecule has 2 saturated heterocycles. The van der Waals surface area contributed by atoms with Crippen molar-refractivity contribution in [2.75, 3.05) is 39.3 Å². The summed E-state index contributed by atoms with van der Waals surface area (Å²) in [7, 11) is 0. The number of Topliss-reactive ketones (excluding diaryl/α,β-unsaturated/α-hetero) is 1. The van der Waals surface area contributed by atoms with E-state index in [0.29, 0.717) is 44.3 Å². The first-order chi connectivity index (χ1) is 15.4. The Hall–Kier alpha value is -3.00. The van der Waals surface area contributed by atoms with Crippen molar-refractivity contribution in [1.29, 1.82) is 0 Å². The van der Waals surface area contributed by atoms with Crippen molar-refractivity contribution in [3.05, 3.63) is 53.7 Å². The first kappa shape index (κ1) is 22.2. The monoisotopic (exact) mass is 438 g/mol. The summed E-state index contributed by atoms with van der Waals surface area (Å²) in [5, 5.41) is 0. The van der Waals surface area contributed by atoms with E-state index in [-0.39, 0.29) is 17.6 Å². The Morgan fingerprint density at radius 2 is 1.56 bits per heavy atom. The molecular formula is C24H30N4O4. The molecule has 3 heterocycles. The van der Waals surface area contributed by atoms with E-state index in [4.69, 9.17) is 4.42 Å². The van der Waals surface area contributed by atoms with Gasteiger partial charge in [0, 0.05) is 33.1 Å². The van der Waals surface area contributed by atoms with Gasteiger partial charge in [-0.25, -0.2) is 4.98 Å². The number of rotatable bonds is 5. The number of amides is 2. The van der Waals surface area contributed by atoms with Crippen molar-refractivity contribution in [1.82, 2.24) is 19.7 Å². The topological polar surface area (TPSA) is 87.0 Å². The highest BCUT2D eigenvalue weighted by molar-refractivity contribution is 5.92. The summed E-state index contributed by atoms with van der Waals surface area (Å²) in [6.07, 6.45) is 2.92. The third-order valence-electron chi connectivity index (χ3n) is 6.85. The Morgan fingerprint density at radius 3 is 2.16 bits per heavy atom. The van der Waals surface area contributed by atoms with Crippen LogP contribution in [-0.2, 0) is 21.5 Å². The number of carbonyl (C=O) groups is 3. The number of hydrogen-bond acceptors (Lipinski definition) is 6. The van der Waals surface area contributed by atoms with Gasteiger partial charge in [0.25, 0.3) is 5.91 Å². The van der Waals surface area contributed by atoms with Gasteiger partial charge in [-0.05, 0) is 38.4 Å². The normalized spacial score (nSPS) is 19.1. The van der Waals surface area contributed by atoms with Crippen molar-refractivity contribution in [3.63, 3.8) is 0 Å². The van der Waals surface area contributed by atoms with Crippen LogP contribution < -0.4 is 0 Å². The van der Waals surface area contributed by atoms with Crippen LogP contribution in [0.3, 0.4) is 0 Å². The van der Waals surface area contributed by atoms with Crippen molar-refractivity contribution >= 4 is 17.6 Å². The standard InChI is InChI=1S/C24H30N4O4/c1-18(29)24(20-6-4-3-5-7-20)8-10-26(11-9-24)16-22-25-21(17-32-22)23(31)28-14-12-27(13-15-28)19(2)30/h3-7,17H,8-16H2,1-2H3. The first-order valence-corrected chi connectivity index (χ1v) is 11.2. The van der Waals surface area contributed by atoms with Gasteiger partial charge in [-0.15, -0.1) is 0 Å². The zero-order valence-electron chi connectivity index (χ0n) is 18.7. The van der Waals surface area contributed by atoms with Gasteiger partial charge in [-0.3, -0.25) is 19.3 Å². The quantitative estimate of drug-likeness (QED) is 0.711. The molecule has 2 fully saturated rings. The van der Waals surface area contributed by atoms with E-state index in [0.717, 1.165) is 31.5 Å². The molecule has 2 aromatic rings. The van der Waals surface area contributed by atoms with Gasteiger partial charge in [-0.2, -0.15) is 0 Å². The van der Waals surface area contributed by atoms with Gasteiger partial charge in [0.15, 0.2) is 5.69 Å². The van der Waals surface area contributed by atoms with Crippen molar-refractivity contribution in [2.24, 2.45) is 0 Å². The summed E-state index contributed by atoms with van der Waals surface area (Å²) < 4.78 is 5.59. The number of piperazine rings is 1. The Labute approximate surface area is 188 Å². The molecular weight excluding hydrogens is 408 g/mol. The Balaban J connectivity index is 1.34. The van der Waals surface area contributed by atoms with Crippen LogP contribution in [0, 0.1) is 0 Å². The molecule has 4 rings (SSSR count). The summed E-state index contributed by atoms with van der Waals surface area (Å²) in [6, 6.07) is 10.0. The largest absolute Gasteiger partial charge is 0.447 e. The molecule has 2 amide bonds. The number of ketones is 1. The zero-order chi connectivity index (χ0) is 22.7. The lowest BCUT2D eigenvalue weighted by Crippen LogP contribution is -2.50. The second-order valence-corrected chi connectivity index (χ2v) is 8.71. The molecule has 170 valence electrons. The molecule has 8 nitrogen and oxygen atoms in total. The molecule has 8 heteroatoms. The van der Waals surface area contributed by atoms with E-state index >= 15 is 0 Å². The van der Waals surface area contributed by atoms with Gasteiger partial charge < -0.3 is 14.2 Å². The molecule has 1 aromatic carbocycles. The third kappa shape index (κ3) is 4.46. The number of aromatic nitrogens is 1. The lowest BCUT2D eigenvalue weighted by molar-refractivity contribution is -0.130. The average molecular weight is 439 g/mol. The Kier molecular flexibility index (Phi) is 6.41. The van der Waals surface area contributed by atoms with E-state index in [2.05, 4.69) is 9.88 Å². The van der Waals surface area contributed by atoms with Crippen LogP contribution >= 0.6 is 0 Å². The molecule has 0 saturated carbocycles. The second kappa shape index (κ2) is 9.24. The highest BCUT2D eigenvalue weighted by Crippen LogP contribution is 2.36. The van der Waals surface area contributed by atoms with E-state index in [1.165, 1.54) is 6.26 Å². The van der Waals surface area contributed by atoms with Gasteiger partial charge >= 0.3 is 0 Å². The molecule has 2 aliphatic rings. The molecule has 0 atom stereocenters. The number of likely N-dealkylation sites (tertiary alicyclic amines) is 1. The summed E-state index contributed by atoms with van der Waals surface area (Å²) in [4.78, 5) is 46.9. The highest BCUT2D eigenvalue weighted by Gasteiger charge is 2.40. The smallest absolute Gasteiger partial charge is 0.275 e. The summed E-state index contributed by atoms with van der Waals surface area (Å²) in [5.74, 6) is 0.577. The van der Waals surface area contributed by atoms with Gasteiger partial charge in [0.2, 0.25) is 11.8 Å². The first-order valence-electron chi connectivity index (χ1n) is 11.2. The lowest BCUT2D eigenvalue weighted by Gasteiger charge is -2.40. The molecule has 0 aliphatic carbocycles. The van der Waals surface area contributed by atoms with Crippen LogP contribution in [0.5, 0.6) is 0 Å². The predicted molar refractivity (Wildman–Crippen MR) is 118 cm³/mol. The minimum Gasteiger partial charge on any atom is -0.447 e. The lowest BCUT2D eigenvalue weighted by atomic mass is 9.70. The number of hydrogen-bond donors (Lipinski definition) is 0. The van der Waals surface area contributed by atoms with E-state index in [9.17, 15) is 14.4 Å². The van der Waals surface area contributed by atoms with Crippen LogP contribution in [-0.4, -0.2) is 76.5 Å². The van der Waals surface area contributed by atoms with Crippen LogP contribution in [0.4, 0.5) is 0 Å². The molecule has 0 radical (unpaired) electrons.